The van der Waals surface area contributed by atoms with Crippen molar-refractivity contribution < 1.29 is 45.4 Å². The number of ether oxygens (including phenoxy) is 2. The van der Waals surface area contributed by atoms with E-state index in [1.807, 2.05) is 0 Å². The van der Waals surface area contributed by atoms with Gasteiger partial charge in [-0.05, 0) is 42.7 Å². The number of carbonyl (C=O) groups excluding carboxylic acids is 2. The average molecular weight is 516 g/mol. The largest absolute Gasteiger partial charge is 0.416 e. The molecule has 2 aromatic carbocycles. The van der Waals surface area contributed by atoms with Gasteiger partial charge in [0.25, 0.3) is 5.91 Å². The molecule has 5 atom stereocenters. The molecule has 2 aromatic rings. The van der Waals surface area contributed by atoms with E-state index in [-0.39, 0.29) is 18.2 Å². The zero-order valence-electron chi connectivity index (χ0n) is 18.8. The molecule has 3 amide bonds. The van der Waals surface area contributed by atoms with Crippen LogP contribution in [0.2, 0.25) is 0 Å². The number of imide groups is 1. The normalized spacial score (nSPS) is 25.9. The third kappa shape index (κ3) is 5.49. The summed E-state index contributed by atoms with van der Waals surface area (Å²) < 4.78 is 91.7. The minimum absolute atomic E-state index is 0.0531. The zero-order chi connectivity index (χ0) is 26.3. The molecule has 0 bridgehead atoms. The summed E-state index contributed by atoms with van der Waals surface area (Å²) in [7, 11) is 0. The topological polar surface area (TPSA) is 76.7 Å². The quantitative estimate of drug-likeness (QED) is 0.426. The standard InChI is InChI=1S/C24H22F6N2O4/c1-12(14-9-15(23(25,26)27)11-16(10-14)24(28,29)30)36-21-18(13-5-3-2-4-6-13)17(7-8-35-21)19-20(33)32-22(34)31-19/h2-6,9-12,17-19,21H,7-8H2,1H3,(H2,31,32,33,34)/t12-,17-,18+,19+,21-/m1/s1. The van der Waals surface area contributed by atoms with Crippen molar-refractivity contribution in [1.29, 1.82) is 0 Å². The van der Waals surface area contributed by atoms with Gasteiger partial charge in [0.1, 0.15) is 6.04 Å². The van der Waals surface area contributed by atoms with Gasteiger partial charge >= 0.3 is 18.4 Å². The summed E-state index contributed by atoms with van der Waals surface area (Å²) in [4.78, 5) is 24.1. The lowest BCUT2D eigenvalue weighted by Gasteiger charge is -2.41. The molecule has 2 heterocycles. The molecule has 0 aliphatic carbocycles. The SMILES string of the molecule is C[C@@H](O[C@H]1OCC[C@@H]([C@@H]2NC(=O)NC2=O)[C@@H]1c1ccccc1)c1cc(C(F)(F)F)cc(C(F)(F)F)c1. The van der Waals surface area contributed by atoms with E-state index in [1.165, 1.54) is 6.92 Å². The molecule has 36 heavy (non-hydrogen) atoms. The highest BCUT2D eigenvalue weighted by Gasteiger charge is 2.46. The van der Waals surface area contributed by atoms with Crippen LogP contribution in [0, 0.1) is 5.92 Å². The van der Waals surface area contributed by atoms with E-state index in [0.29, 0.717) is 24.1 Å². The van der Waals surface area contributed by atoms with Crippen molar-refractivity contribution in [2.75, 3.05) is 6.61 Å². The number of amides is 3. The van der Waals surface area contributed by atoms with Crippen molar-refractivity contribution in [2.24, 2.45) is 5.92 Å². The lowest BCUT2D eigenvalue weighted by Crippen LogP contribution is -2.47. The molecular weight excluding hydrogens is 494 g/mol. The third-order valence-electron chi connectivity index (χ3n) is 6.32. The Balaban J connectivity index is 1.67. The second-order valence-electron chi connectivity index (χ2n) is 8.69. The molecule has 194 valence electrons. The van der Waals surface area contributed by atoms with E-state index in [2.05, 4.69) is 10.6 Å². The van der Waals surface area contributed by atoms with Gasteiger partial charge in [0.2, 0.25) is 0 Å². The monoisotopic (exact) mass is 516 g/mol. The summed E-state index contributed by atoms with van der Waals surface area (Å²) in [5.41, 5.74) is -2.56. The first-order chi connectivity index (χ1) is 16.8. The molecule has 0 aromatic heterocycles. The predicted octanol–water partition coefficient (Wildman–Crippen LogP) is 5.16. The van der Waals surface area contributed by atoms with Gasteiger partial charge in [0.15, 0.2) is 6.29 Å². The first-order valence-corrected chi connectivity index (χ1v) is 11.1. The van der Waals surface area contributed by atoms with Gasteiger partial charge < -0.3 is 14.8 Å². The van der Waals surface area contributed by atoms with Gasteiger partial charge in [-0.25, -0.2) is 4.79 Å². The van der Waals surface area contributed by atoms with Crippen molar-refractivity contribution in [2.45, 2.75) is 50.1 Å². The second kappa shape index (κ2) is 9.74. The summed E-state index contributed by atoms with van der Waals surface area (Å²) in [6.07, 6.45) is -12.0. The Morgan fingerprint density at radius 1 is 0.972 bits per heavy atom. The Bertz CT molecular complexity index is 1090. The van der Waals surface area contributed by atoms with Gasteiger partial charge in [-0.3, -0.25) is 10.1 Å². The van der Waals surface area contributed by atoms with Crippen molar-refractivity contribution in [1.82, 2.24) is 10.6 Å². The molecule has 2 fully saturated rings. The zero-order valence-corrected chi connectivity index (χ0v) is 18.8. The van der Waals surface area contributed by atoms with Crippen LogP contribution in [-0.4, -0.2) is 30.9 Å². The molecule has 2 saturated heterocycles. The predicted molar refractivity (Wildman–Crippen MR) is 113 cm³/mol. The van der Waals surface area contributed by atoms with E-state index >= 15 is 0 Å². The lowest BCUT2D eigenvalue weighted by molar-refractivity contribution is -0.211. The van der Waals surface area contributed by atoms with E-state index in [9.17, 15) is 35.9 Å². The maximum absolute atomic E-state index is 13.3. The fourth-order valence-electron chi connectivity index (χ4n) is 4.61. The molecule has 0 saturated carbocycles. The Kier molecular flexibility index (Phi) is 7.02. The summed E-state index contributed by atoms with van der Waals surface area (Å²) in [6.45, 7) is 1.43. The summed E-state index contributed by atoms with van der Waals surface area (Å²) in [5.74, 6) is -1.69. The van der Waals surface area contributed by atoms with Crippen LogP contribution in [0.25, 0.3) is 0 Å². The number of alkyl halides is 6. The molecule has 2 aliphatic heterocycles. The van der Waals surface area contributed by atoms with Crippen LogP contribution in [0.1, 0.15) is 47.6 Å². The van der Waals surface area contributed by atoms with Crippen LogP contribution in [-0.2, 0) is 26.6 Å². The third-order valence-corrected chi connectivity index (χ3v) is 6.32. The molecule has 2 aliphatic rings. The van der Waals surface area contributed by atoms with E-state index in [4.69, 9.17) is 9.47 Å². The van der Waals surface area contributed by atoms with Crippen LogP contribution in [0.4, 0.5) is 31.1 Å². The summed E-state index contributed by atoms with van der Waals surface area (Å²) in [6, 6.07) is 8.43. The highest BCUT2D eigenvalue weighted by atomic mass is 19.4. The van der Waals surface area contributed by atoms with Gasteiger partial charge in [0, 0.05) is 11.8 Å². The molecule has 4 rings (SSSR count). The maximum Gasteiger partial charge on any atom is 0.416 e. The van der Waals surface area contributed by atoms with Crippen molar-refractivity contribution in [3.05, 3.63) is 70.8 Å². The number of nitrogens with one attached hydrogen (secondary N) is 2. The van der Waals surface area contributed by atoms with Gasteiger partial charge in [-0.15, -0.1) is 0 Å². The van der Waals surface area contributed by atoms with E-state index in [1.54, 1.807) is 30.3 Å². The lowest BCUT2D eigenvalue weighted by atomic mass is 9.77. The van der Waals surface area contributed by atoms with Crippen molar-refractivity contribution >= 4 is 11.9 Å². The van der Waals surface area contributed by atoms with Crippen LogP contribution >= 0.6 is 0 Å². The number of hydrogen-bond donors (Lipinski definition) is 2. The first-order valence-electron chi connectivity index (χ1n) is 11.1. The molecule has 2 N–H and O–H groups in total. The number of hydrogen-bond acceptors (Lipinski definition) is 4. The van der Waals surface area contributed by atoms with Crippen LogP contribution in [0.5, 0.6) is 0 Å². The molecule has 0 radical (unpaired) electrons. The van der Waals surface area contributed by atoms with Crippen LogP contribution < -0.4 is 10.6 Å². The van der Waals surface area contributed by atoms with E-state index < -0.39 is 65.7 Å². The highest BCUT2D eigenvalue weighted by Crippen LogP contribution is 2.42. The van der Waals surface area contributed by atoms with Crippen LogP contribution in [0.15, 0.2) is 48.5 Å². The smallest absolute Gasteiger partial charge is 0.352 e. The molecule has 0 spiro atoms. The first kappa shape index (κ1) is 26.0. The Morgan fingerprint density at radius 2 is 1.58 bits per heavy atom. The van der Waals surface area contributed by atoms with E-state index in [0.717, 1.165) is 0 Å². The minimum Gasteiger partial charge on any atom is -0.352 e. The number of rotatable bonds is 5. The highest BCUT2D eigenvalue weighted by molar-refractivity contribution is 6.04. The fourth-order valence-corrected chi connectivity index (χ4v) is 4.61. The number of halogens is 6. The second-order valence-corrected chi connectivity index (χ2v) is 8.69. The Hall–Kier alpha value is -3.12. The van der Waals surface area contributed by atoms with Gasteiger partial charge in [-0.1, -0.05) is 30.3 Å². The number of urea groups is 1. The molecule has 0 unspecified atom stereocenters. The summed E-state index contributed by atoms with van der Waals surface area (Å²) >= 11 is 0. The molecule has 6 nitrogen and oxygen atoms in total. The average Bonchev–Trinajstić information content (AvgIpc) is 3.15. The number of benzene rings is 2. The Morgan fingerprint density at radius 3 is 2.11 bits per heavy atom. The van der Waals surface area contributed by atoms with Gasteiger partial charge in [0.05, 0.1) is 23.8 Å². The summed E-state index contributed by atoms with van der Waals surface area (Å²) in [5, 5.41) is 4.74. The molecule has 12 heteroatoms. The fraction of sp³-hybridized carbons (Fsp3) is 0.417. The van der Waals surface area contributed by atoms with Crippen molar-refractivity contribution in [3.8, 4) is 0 Å². The Labute approximate surface area is 201 Å². The van der Waals surface area contributed by atoms with Crippen LogP contribution in [0.3, 0.4) is 0 Å². The number of carbonyl (C=O) groups is 2. The minimum atomic E-state index is -5.00. The maximum atomic E-state index is 13.3. The van der Waals surface area contributed by atoms with Gasteiger partial charge in [-0.2, -0.15) is 26.3 Å². The van der Waals surface area contributed by atoms with Crippen molar-refractivity contribution in [3.63, 3.8) is 0 Å². The molecular formula is C24H22F6N2O4.